The maximum atomic E-state index is 11.9. The Labute approximate surface area is 111 Å². The Balaban J connectivity index is 3.18. The van der Waals surface area contributed by atoms with Crippen molar-refractivity contribution in [2.45, 2.75) is 6.42 Å². The van der Waals surface area contributed by atoms with Crippen LogP contribution in [0.4, 0.5) is 0 Å². The zero-order chi connectivity index (χ0) is 14.3. The van der Waals surface area contributed by atoms with Crippen LogP contribution in [0.1, 0.15) is 6.42 Å². The van der Waals surface area contributed by atoms with Gasteiger partial charge in [0.05, 0.1) is 33.0 Å². The van der Waals surface area contributed by atoms with Crippen LogP contribution in [0.5, 0.6) is 0 Å². The maximum Gasteiger partial charge on any atom is 0.354 e. The highest BCUT2D eigenvalue weighted by atomic mass is 16.5. The fraction of sp³-hybridized carbons (Fsp3) is 0.583. The van der Waals surface area contributed by atoms with Gasteiger partial charge in [-0.05, 0) is 0 Å². The Hall–Kier alpha value is -1.89. The Morgan fingerprint density at radius 2 is 1.74 bits per heavy atom. The Bertz CT molecular complexity index is 384. The molecule has 0 aromatic heterocycles. The summed E-state index contributed by atoms with van der Waals surface area (Å²) < 4.78 is 14.5. The molecule has 1 fully saturated rings. The molecule has 1 saturated heterocycles. The van der Waals surface area contributed by atoms with Crippen LogP contribution in [0.3, 0.4) is 0 Å². The van der Waals surface area contributed by atoms with Crippen molar-refractivity contribution in [2.24, 2.45) is 0 Å². The van der Waals surface area contributed by atoms with E-state index in [0.29, 0.717) is 32.6 Å². The fourth-order valence-corrected chi connectivity index (χ4v) is 1.81. The number of methoxy groups -OCH3 is 2. The summed E-state index contributed by atoms with van der Waals surface area (Å²) >= 11 is 0. The standard InChI is InChI=1S/C12H17NO6/c1-17-11(15)9(3-6-14)10(12(16)18-2)13-4-7-19-8-5-13/h6H,3-5,7-8H2,1-2H3. The molecule has 0 aromatic rings. The number of esters is 2. The van der Waals surface area contributed by atoms with Crippen LogP contribution < -0.4 is 0 Å². The second-order valence-corrected chi connectivity index (χ2v) is 3.78. The highest BCUT2D eigenvalue weighted by Crippen LogP contribution is 2.18. The fourth-order valence-electron chi connectivity index (χ4n) is 1.81. The van der Waals surface area contributed by atoms with E-state index in [9.17, 15) is 14.4 Å². The molecule has 0 amide bonds. The van der Waals surface area contributed by atoms with Crippen molar-refractivity contribution < 1.29 is 28.6 Å². The molecule has 7 nitrogen and oxygen atoms in total. The van der Waals surface area contributed by atoms with Gasteiger partial charge in [0.1, 0.15) is 12.0 Å². The van der Waals surface area contributed by atoms with Crippen molar-refractivity contribution in [2.75, 3.05) is 40.5 Å². The zero-order valence-electron chi connectivity index (χ0n) is 11.0. The van der Waals surface area contributed by atoms with Gasteiger partial charge in [-0.2, -0.15) is 0 Å². The van der Waals surface area contributed by atoms with Gasteiger partial charge in [-0.15, -0.1) is 0 Å². The number of ether oxygens (including phenoxy) is 3. The molecule has 0 bridgehead atoms. The van der Waals surface area contributed by atoms with Crippen molar-refractivity contribution in [3.8, 4) is 0 Å². The normalized spacial score (nSPS) is 16.4. The number of hydrogen-bond donors (Lipinski definition) is 0. The van der Waals surface area contributed by atoms with Crippen LogP contribution in [0.15, 0.2) is 11.3 Å². The summed E-state index contributed by atoms with van der Waals surface area (Å²) in [6.07, 6.45) is 0.351. The third-order valence-electron chi connectivity index (χ3n) is 2.71. The zero-order valence-corrected chi connectivity index (χ0v) is 11.0. The van der Waals surface area contributed by atoms with Crippen LogP contribution in [-0.2, 0) is 28.6 Å². The molecule has 1 aliphatic rings. The van der Waals surface area contributed by atoms with E-state index < -0.39 is 11.9 Å². The van der Waals surface area contributed by atoms with Gasteiger partial charge in [0.2, 0.25) is 0 Å². The Kier molecular flexibility index (Phi) is 6.01. The van der Waals surface area contributed by atoms with E-state index in [4.69, 9.17) is 4.74 Å². The molecule has 0 aromatic carbocycles. The van der Waals surface area contributed by atoms with Gasteiger partial charge in [-0.1, -0.05) is 0 Å². The number of aldehydes is 1. The van der Waals surface area contributed by atoms with E-state index in [1.54, 1.807) is 4.90 Å². The lowest BCUT2D eigenvalue weighted by molar-refractivity contribution is -0.141. The van der Waals surface area contributed by atoms with Crippen molar-refractivity contribution in [3.63, 3.8) is 0 Å². The largest absolute Gasteiger partial charge is 0.466 e. The number of nitrogens with zero attached hydrogens (tertiary/aromatic N) is 1. The molecule has 106 valence electrons. The first-order chi connectivity index (χ1) is 9.15. The van der Waals surface area contributed by atoms with Gasteiger partial charge in [-0.25, -0.2) is 9.59 Å². The first-order valence-electron chi connectivity index (χ1n) is 5.81. The topological polar surface area (TPSA) is 82.1 Å². The third-order valence-corrected chi connectivity index (χ3v) is 2.71. The summed E-state index contributed by atoms with van der Waals surface area (Å²) in [7, 11) is 2.42. The van der Waals surface area contributed by atoms with Gasteiger partial charge in [0, 0.05) is 19.5 Å². The number of carbonyl (C=O) groups is 3. The maximum absolute atomic E-state index is 11.9. The molecular formula is C12H17NO6. The van der Waals surface area contributed by atoms with Gasteiger partial charge >= 0.3 is 11.9 Å². The van der Waals surface area contributed by atoms with Crippen LogP contribution in [0.25, 0.3) is 0 Å². The molecule has 0 atom stereocenters. The summed E-state index contributed by atoms with van der Waals surface area (Å²) in [4.78, 5) is 35.9. The summed E-state index contributed by atoms with van der Waals surface area (Å²) in [5, 5.41) is 0. The Morgan fingerprint density at radius 1 is 1.16 bits per heavy atom. The predicted molar refractivity (Wildman–Crippen MR) is 64.1 cm³/mol. The number of rotatable bonds is 5. The molecule has 1 heterocycles. The van der Waals surface area contributed by atoms with E-state index in [2.05, 4.69) is 9.47 Å². The second-order valence-electron chi connectivity index (χ2n) is 3.78. The molecule has 1 rings (SSSR count). The quantitative estimate of drug-likeness (QED) is 0.379. The van der Waals surface area contributed by atoms with Crippen molar-refractivity contribution in [1.29, 1.82) is 0 Å². The molecule has 0 aliphatic carbocycles. The van der Waals surface area contributed by atoms with E-state index in [1.165, 1.54) is 14.2 Å². The van der Waals surface area contributed by atoms with Crippen LogP contribution in [0.2, 0.25) is 0 Å². The molecule has 0 N–H and O–H groups in total. The second kappa shape index (κ2) is 7.52. The van der Waals surface area contributed by atoms with E-state index >= 15 is 0 Å². The highest BCUT2D eigenvalue weighted by Gasteiger charge is 2.28. The lowest BCUT2D eigenvalue weighted by Crippen LogP contribution is -2.40. The minimum absolute atomic E-state index is 0.00579. The summed E-state index contributed by atoms with van der Waals surface area (Å²) in [6, 6.07) is 0. The molecule has 0 saturated carbocycles. The number of hydrogen-bond acceptors (Lipinski definition) is 7. The first-order valence-corrected chi connectivity index (χ1v) is 5.81. The number of carbonyl (C=O) groups excluding carboxylic acids is 3. The minimum Gasteiger partial charge on any atom is -0.466 e. The van der Waals surface area contributed by atoms with Crippen molar-refractivity contribution >= 4 is 18.2 Å². The number of morpholine rings is 1. The molecule has 0 unspecified atom stereocenters. The summed E-state index contributed by atoms with van der Waals surface area (Å²) in [5.41, 5.74) is 0.0796. The Morgan fingerprint density at radius 3 is 2.21 bits per heavy atom. The van der Waals surface area contributed by atoms with Crippen molar-refractivity contribution in [3.05, 3.63) is 11.3 Å². The van der Waals surface area contributed by atoms with Crippen LogP contribution in [0, 0.1) is 0 Å². The molecule has 1 aliphatic heterocycles. The first kappa shape index (κ1) is 15.2. The monoisotopic (exact) mass is 271 g/mol. The molecule has 7 heteroatoms. The highest BCUT2D eigenvalue weighted by molar-refractivity contribution is 6.01. The average Bonchev–Trinajstić information content (AvgIpc) is 2.46. The minimum atomic E-state index is -0.709. The molecule has 19 heavy (non-hydrogen) atoms. The molecule has 0 radical (unpaired) electrons. The van der Waals surface area contributed by atoms with Gasteiger partial charge < -0.3 is 23.9 Å². The van der Waals surface area contributed by atoms with Gasteiger partial charge in [-0.3, -0.25) is 0 Å². The van der Waals surface area contributed by atoms with E-state index in [-0.39, 0.29) is 17.7 Å². The predicted octanol–water partition coefficient (Wildman–Crippen LogP) is -0.492. The average molecular weight is 271 g/mol. The smallest absolute Gasteiger partial charge is 0.354 e. The third kappa shape index (κ3) is 3.78. The molecule has 0 spiro atoms. The summed E-state index contributed by atoms with van der Waals surface area (Å²) in [5.74, 6) is -1.37. The van der Waals surface area contributed by atoms with E-state index in [0.717, 1.165) is 0 Å². The van der Waals surface area contributed by atoms with E-state index in [1.807, 2.05) is 0 Å². The van der Waals surface area contributed by atoms with Gasteiger partial charge in [0.25, 0.3) is 0 Å². The summed E-state index contributed by atoms with van der Waals surface area (Å²) in [6.45, 7) is 1.78. The lowest BCUT2D eigenvalue weighted by Gasteiger charge is -2.30. The van der Waals surface area contributed by atoms with Crippen LogP contribution >= 0.6 is 0 Å². The lowest BCUT2D eigenvalue weighted by atomic mass is 10.1. The molecular weight excluding hydrogens is 254 g/mol. The SMILES string of the molecule is COC(=O)C(CC=O)=C(C(=O)OC)N1CCOCC1. The van der Waals surface area contributed by atoms with Crippen molar-refractivity contribution in [1.82, 2.24) is 4.90 Å². The van der Waals surface area contributed by atoms with Crippen LogP contribution in [-0.4, -0.2) is 63.6 Å². The van der Waals surface area contributed by atoms with Gasteiger partial charge in [0.15, 0.2) is 0 Å².